The van der Waals surface area contributed by atoms with Crippen molar-refractivity contribution in [2.45, 2.75) is 6.04 Å². The molecule has 3 rings (SSSR count). The lowest BCUT2D eigenvalue weighted by molar-refractivity contribution is -0.128. The Morgan fingerprint density at radius 2 is 2.19 bits per heavy atom. The van der Waals surface area contributed by atoms with E-state index in [0.717, 1.165) is 11.8 Å². The van der Waals surface area contributed by atoms with Gasteiger partial charge in [-0.05, 0) is 12.1 Å². The lowest BCUT2D eigenvalue weighted by Crippen LogP contribution is -2.62. The standard InChI is InChI=1S/C13H13N3O4S/c1-20-11-9(3-2-4-14-11)12(18)15-5-8(6-15)16-10(17)7-21-13(16)19/h2-4,8H,5-7H2,1H3. The summed E-state index contributed by atoms with van der Waals surface area (Å²) in [6, 6.07) is 3.09. The summed E-state index contributed by atoms with van der Waals surface area (Å²) in [6.07, 6.45) is 1.55. The van der Waals surface area contributed by atoms with Crippen molar-refractivity contribution in [3.05, 3.63) is 23.9 Å². The van der Waals surface area contributed by atoms with Crippen LogP contribution in [0.5, 0.6) is 5.88 Å². The number of rotatable bonds is 3. The van der Waals surface area contributed by atoms with Gasteiger partial charge in [0.2, 0.25) is 11.8 Å². The number of nitrogens with zero attached hydrogens (tertiary/aromatic N) is 3. The van der Waals surface area contributed by atoms with Crippen LogP contribution in [0.2, 0.25) is 0 Å². The lowest BCUT2D eigenvalue weighted by atomic mass is 10.1. The highest BCUT2D eigenvalue weighted by molar-refractivity contribution is 8.14. The molecule has 0 aliphatic carbocycles. The summed E-state index contributed by atoms with van der Waals surface area (Å²) in [5.41, 5.74) is 0.381. The van der Waals surface area contributed by atoms with Crippen molar-refractivity contribution in [3.8, 4) is 5.88 Å². The van der Waals surface area contributed by atoms with Crippen LogP contribution in [0.4, 0.5) is 4.79 Å². The Labute approximate surface area is 125 Å². The summed E-state index contributed by atoms with van der Waals surface area (Å²) in [7, 11) is 1.46. The Balaban J connectivity index is 1.67. The van der Waals surface area contributed by atoms with Crippen LogP contribution in [-0.4, -0.2) is 63.8 Å². The molecule has 7 nitrogen and oxygen atoms in total. The largest absolute Gasteiger partial charge is 0.480 e. The summed E-state index contributed by atoms with van der Waals surface area (Å²) in [5.74, 6) is 0.0820. The molecule has 2 saturated heterocycles. The van der Waals surface area contributed by atoms with E-state index in [2.05, 4.69) is 4.98 Å². The minimum absolute atomic E-state index is 0.180. The quantitative estimate of drug-likeness (QED) is 0.814. The first kappa shape index (κ1) is 13.9. The average molecular weight is 307 g/mol. The molecule has 3 amide bonds. The van der Waals surface area contributed by atoms with Gasteiger partial charge in [-0.25, -0.2) is 4.98 Å². The highest BCUT2D eigenvalue weighted by Crippen LogP contribution is 2.27. The van der Waals surface area contributed by atoms with Crippen LogP contribution in [0.15, 0.2) is 18.3 Å². The topological polar surface area (TPSA) is 79.8 Å². The van der Waals surface area contributed by atoms with E-state index < -0.39 is 0 Å². The Morgan fingerprint density at radius 3 is 2.81 bits per heavy atom. The van der Waals surface area contributed by atoms with E-state index in [1.165, 1.54) is 12.0 Å². The molecule has 0 unspecified atom stereocenters. The van der Waals surface area contributed by atoms with Crippen molar-refractivity contribution in [2.24, 2.45) is 0 Å². The van der Waals surface area contributed by atoms with Crippen LogP contribution in [-0.2, 0) is 4.79 Å². The van der Waals surface area contributed by atoms with E-state index >= 15 is 0 Å². The molecular formula is C13H13N3O4S. The number of methoxy groups -OCH3 is 1. The van der Waals surface area contributed by atoms with Crippen LogP contribution >= 0.6 is 11.8 Å². The monoisotopic (exact) mass is 307 g/mol. The average Bonchev–Trinajstić information content (AvgIpc) is 2.77. The van der Waals surface area contributed by atoms with Gasteiger partial charge in [-0.1, -0.05) is 11.8 Å². The fraction of sp³-hybridized carbons (Fsp3) is 0.385. The molecule has 2 aliphatic heterocycles. The SMILES string of the molecule is COc1ncccc1C(=O)N1CC(N2C(=O)CSC2=O)C1. The fourth-order valence-electron chi connectivity index (χ4n) is 2.39. The number of carbonyl (C=O) groups is 3. The molecule has 21 heavy (non-hydrogen) atoms. The molecule has 0 atom stereocenters. The smallest absolute Gasteiger partial charge is 0.289 e. The third kappa shape index (κ3) is 2.35. The van der Waals surface area contributed by atoms with Gasteiger partial charge < -0.3 is 9.64 Å². The van der Waals surface area contributed by atoms with Crippen LogP contribution in [0, 0.1) is 0 Å². The van der Waals surface area contributed by atoms with Gasteiger partial charge in [-0.15, -0.1) is 0 Å². The first-order chi connectivity index (χ1) is 10.1. The highest BCUT2D eigenvalue weighted by atomic mass is 32.2. The van der Waals surface area contributed by atoms with Crippen LogP contribution in [0.1, 0.15) is 10.4 Å². The Hall–Kier alpha value is -2.09. The first-order valence-electron chi connectivity index (χ1n) is 6.39. The van der Waals surface area contributed by atoms with Gasteiger partial charge in [0.1, 0.15) is 5.56 Å². The molecule has 0 aromatic carbocycles. The molecule has 0 bridgehead atoms. The van der Waals surface area contributed by atoms with Crippen molar-refractivity contribution >= 4 is 28.8 Å². The van der Waals surface area contributed by atoms with E-state index in [1.807, 2.05) is 0 Å². The molecule has 2 aliphatic rings. The summed E-state index contributed by atoms with van der Waals surface area (Å²) in [5, 5.41) is -0.226. The number of carbonyl (C=O) groups excluding carboxylic acids is 3. The van der Waals surface area contributed by atoms with E-state index in [0.29, 0.717) is 18.7 Å². The third-order valence-electron chi connectivity index (χ3n) is 3.49. The number of ether oxygens (including phenoxy) is 1. The molecule has 8 heteroatoms. The van der Waals surface area contributed by atoms with Gasteiger partial charge >= 0.3 is 0 Å². The van der Waals surface area contributed by atoms with Gasteiger partial charge in [0.15, 0.2) is 0 Å². The van der Waals surface area contributed by atoms with E-state index in [-0.39, 0.29) is 34.7 Å². The summed E-state index contributed by atoms with van der Waals surface area (Å²) in [4.78, 5) is 42.4. The Morgan fingerprint density at radius 1 is 1.43 bits per heavy atom. The zero-order valence-electron chi connectivity index (χ0n) is 11.3. The second-order valence-corrected chi connectivity index (χ2v) is 5.67. The number of imide groups is 1. The van der Waals surface area contributed by atoms with Gasteiger partial charge in [-0.2, -0.15) is 0 Å². The number of amides is 3. The van der Waals surface area contributed by atoms with Crippen LogP contribution < -0.4 is 4.74 Å². The second kappa shape index (κ2) is 5.36. The molecular weight excluding hydrogens is 294 g/mol. The van der Waals surface area contributed by atoms with E-state index in [4.69, 9.17) is 4.74 Å². The molecule has 0 saturated carbocycles. The van der Waals surface area contributed by atoms with E-state index in [9.17, 15) is 14.4 Å². The normalized spacial score (nSPS) is 18.9. The van der Waals surface area contributed by atoms with Crippen molar-refractivity contribution in [3.63, 3.8) is 0 Å². The molecule has 110 valence electrons. The van der Waals surface area contributed by atoms with Gasteiger partial charge in [0.25, 0.3) is 11.1 Å². The number of hydrogen-bond acceptors (Lipinski definition) is 6. The maximum atomic E-state index is 12.3. The molecule has 3 heterocycles. The number of thioether (sulfide) groups is 1. The number of aromatic nitrogens is 1. The Bertz CT molecular complexity index is 599. The van der Waals surface area contributed by atoms with Gasteiger partial charge in [0, 0.05) is 19.3 Å². The summed E-state index contributed by atoms with van der Waals surface area (Å²) < 4.78 is 5.07. The fourth-order valence-corrected chi connectivity index (χ4v) is 3.16. The van der Waals surface area contributed by atoms with Crippen molar-refractivity contribution in [2.75, 3.05) is 26.0 Å². The lowest BCUT2D eigenvalue weighted by Gasteiger charge is -2.42. The third-order valence-corrected chi connectivity index (χ3v) is 4.33. The predicted molar refractivity (Wildman–Crippen MR) is 75.2 cm³/mol. The zero-order chi connectivity index (χ0) is 15.0. The van der Waals surface area contributed by atoms with Crippen molar-refractivity contribution in [1.29, 1.82) is 0 Å². The van der Waals surface area contributed by atoms with E-state index in [1.54, 1.807) is 23.2 Å². The van der Waals surface area contributed by atoms with Crippen molar-refractivity contribution < 1.29 is 19.1 Å². The number of pyridine rings is 1. The molecule has 1 aromatic heterocycles. The number of hydrogen-bond donors (Lipinski definition) is 0. The minimum atomic E-state index is -0.226. The molecule has 0 radical (unpaired) electrons. The minimum Gasteiger partial charge on any atom is -0.480 e. The summed E-state index contributed by atoms with van der Waals surface area (Å²) >= 11 is 1.01. The molecule has 0 N–H and O–H groups in total. The Kier molecular flexibility index (Phi) is 3.54. The molecule has 0 spiro atoms. The highest BCUT2D eigenvalue weighted by Gasteiger charge is 2.43. The predicted octanol–water partition coefficient (Wildman–Crippen LogP) is 0.610. The van der Waals surface area contributed by atoms with Crippen LogP contribution in [0.3, 0.4) is 0 Å². The maximum absolute atomic E-state index is 12.3. The zero-order valence-corrected chi connectivity index (χ0v) is 12.1. The van der Waals surface area contributed by atoms with Crippen LogP contribution in [0.25, 0.3) is 0 Å². The van der Waals surface area contributed by atoms with Gasteiger partial charge in [-0.3, -0.25) is 19.3 Å². The second-order valence-electron chi connectivity index (χ2n) is 4.74. The summed E-state index contributed by atoms with van der Waals surface area (Å²) in [6.45, 7) is 0.712. The maximum Gasteiger partial charge on any atom is 0.289 e. The van der Waals surface area contributed by atoms with Gasteiger partial charge in [0.05, 0.1) is 18.9 Å². The van der Waals surface area contributed by atoms with Crippen molar-refractivity contribution in [1.82, 2.24) is 14.8 Å². The molecule has 1 aromatic rings. The molecule has 2 fully saturated rings. The first-order valence-corrected chi connectivity index (χ1v) is 7.37. The number of likely N-dealkylation sites (tertiary alicyclic amines) is 1.